The van der Waals surface area contributed by atoms with Gasteiger partial charge in [0.1, 0.15) is 12.6 Å². The van der Waals surface area contributed by atoms with Crippen LogP contribution in [0.25, 0.3) is 11.1 Å². The first-order valence-corrected chi connectivity index (χ1v) is 16.3. The molecule has 250 valence electrons. The molecule has 1 unspecified atom stereocenters. The molecule has 0 aliphatic heterocycles. The number of aliphatic hydroxyl groups excluding tert-OH is 1. The van der Waals surface area contributed by atoms with Crippen molar-refractivity contribution in [2.45, 2.75) is 71.6 Å². The van der Waals surface area contributed by atoms with Crippen LogP contribution < -0.4 is 16.0 Å². The van der Waals surface area contributed by atoms with E-state index in [1.54, 1.807) is 32.2 Å². The molecule has 5 rings (SSSR count). The van der Waals surface area contributed by atoms with E-state index >= 15 is 0 Å². The first kappa shape index (κ1) is 37.0. The van der Waals surface area contributed by atoms with Gasteiger partial charge in [-0.15, -0.1) is 6.42 Å². The third kappa shape index (κ3) is 11.1. The van der Waals surface area contributed by atoms with Crippen LogP contribution in [0, 0.1) is 12.3 Å². The number of allylic oxidation sites excluding steroid dienone is 1. The molecule has 0 saturated heterocycles. The van der Waals surface area contributed by atoms with Crippen molar-refractivity contribution in [2.75, 3.05) is 32.2 Å². The summed E-state index contributed by atoms with van der Waals surface area (Å²) in [5.74, 6) is 2.19. The first-order valence-electron chi connectivity index (χ1n) is 16.3. The van der Waals surface area contributed by atoms with Crippen molar-refractivity contribution in [3.63, 3.8) is 0 Å². The van der Waals surface area contributed by atoms with Gasteiger partial charge in [-0.05, 0) is 77.9 Å². The van der Waals surface area contributed by atoms with Gasteiger partial charge in [-0.2, -0.15) is 0 Å². The summed E-state index contributed by atoms with van der Waals surface area (Å²) in [6, 6.07) is 21.7. The monoisotopic (exact) mass is 639 g/mol. The minimum Gasteiger partial charge on any atom is -0.392 e. The Hall–Kier alpha value is -4.42. The molecule has 8 heteroatoms. The fraction of sp³-hybridized carbons (Fsp3) is 0.385. The van der Waals surface area contributed by atoms with Gasteiger partial charge in [0.15, 0.2) is 0 Å². The quantitative estimate of drug-likeness (QED) is 0.137. The smallest absolute Gasteiger partial charge is 0.246 e. The van der Waals surface area contributed by atoms with Gasteiger partial charge in [-0.1, -0.05) is 86.4 Å². The maximum Gasteiger partial charge on any atom is 0.246 e. The summed E-state index contributed by atoms with van der Waals surface area (Å²) in [7, 11) is 1.77. The Morgan fingerprint density at radius 3 is 2.21 bits per heavy atom. The zero-order chi connectivity index (χ0) is 34.0. The van der Waals surface area contributed by atoms with Crippen LogP contribution in [0.2, 0.25) is 0 Å². The first-order chi connectivity index (χ1) is 22.9. The molecule has 3 aromatic carbocycles. The molecule has 2 amide bonds. The van der Waals surface area contributed by atoms with Gasteiger partial charge in [0, 0.05) is 18.7 Å². The molecule has 1 fully saturated rings. The fourth-order valence-corrected chi connectivity index (χ4v) is 5.24. The summed E-state index contributed by atoms with van der Waals surface area (Å²) >= 11 is 0. The van der Waals surface area contributed by atoms with E-state index in [4.69, 9.17) is 15.9 Å². The lowest BCUT2D eigenvalue weighted by atomic mass is 9.94. The maximum absolute atomic E-state index is 12.3. The summed E-state index contributed by atoms with van der Waals surface area (Å²) in [5.41, 5.74) is 8.81. The SMILES string of the molecule is C#CCOCc1cc(NC(=O)C(C)NC(=O)CNC=C2CCC2)ccc1CO.CCC.COCC1c2ccccc2-c2ccccc21. The number of hydrogen-bond acceptors (Lipinski definition) is 6. The third-order valence-corrected chi connectivity index (χ3v) is 7.72. The van der Waals surface area contributed by atoms with Gasteiger partial charge in [0.05, 0.1) is 26.4 Å². The molecule has 0 bridgehead atoms. The van der Waals surface area contributed by atoms with Crippen LogP contribution >= 0.6 is 0 Å². The summed E-state index contributed by atoms with van der Waals surface area (Å²) < 4.78 is 10.6. The molecule has 8 nitrogen and oxygen atoms in total. The van der Waals surface area contributed by atoms with E-state index in [1.807, 2.05) is 6.20 Å². The lowest BCUT2D eigenvalue weighted by Crippen LogP contribution is -2.44. The topological polar surface area (TPSA) is 109 Å². The number of rotatable bonds is 12. The molecule has 2 aliphatic carbocycles. The predicted octanol–water partition coefficient (Wildman–Crippen LogP) is 6.29. The number of methoxy groups -OCH3 is 1. The van der Waals surface area contributed by atoms with E-state index in [0.29, 0.717) is 17.2 Å². The zero-order valence-electron chi connectivity index (χ0n) is 28.1. The van der Waals surface area contributed by atoms with Crippen molar-refractivity contribution in [2.24, 2.45) is 0 Å². The van der Waals surface area contributed by atoms with Gasteiger partial charge in [-0.3, -0.25) is 9.59 Å². The second-order valence-electron chi connectivity index (χ2n) is 11.5. The van der Waals surface area contributed by atoms with Crippen LogP contribution in [0.3, 0.4) is 0 Å². The number of hydrogen-bond donors (Lipinski definition) is 4. The van der Waals surface area contributed by atoms with Crippen molar-refractivity contribution in [1.82, 2.24) is 10.6 Å². The largest absolute Gasteiger partial charge is 0.392 e. The Morgan fingerprint density at radius 2 is 1.66 bits per heavy atom. The number of carbonyl (C=O) groups is 2. The molecule has 4 N–H and O–H groups in total. The van der Waals surface area contributed by atoms with Gasteiger partial charge in [-0.25, -0.2) is 0 Å². The lowest BCUT2D eigenvalue weighted by molar-refractivity contribution is -0.125. The van der Waals surface area contributed by atoms with Gasteiger partial charge in [0.25, 0.3) is 0 Å². The number of nitrogens with one attached hydrogen (secondary N) is 3. The number of aliphatic hydroxyl groups is 1. The molecule has 1 atom stereocenters. The van der Waals surface area contributed by atoms with Crippen LogP contribution in [0.5, 0.6) is 0 Å². The Morgan fingerprint density at radius 1 is 1.02 bits per heavy atom. The van der Waals surface area contributed by atoms with Crippen molar-refractivity contribution >= 4 is 17.5 Å². The normalized spacial score (nSPS) is 13.1. The zero-order valence-corrected chi connectivity index (χ0v) is 28.1. The molecule has 0 spiro atoms. The summed E-state index contributed by atoms with van der Waals surface area (Å²) in [4.78, 5) is 24.3. The van der Waals surface area contributed by atoms with Crippen LogP contribution in [-0.2, 0) is 32.3 Å². The second kappa shape index (κ2) is 20.0. The highest BCUT2D eigenvalue weighted by Crippen LogP contribution is 2.44. The number of amides is 2. The highest BCUT2D eigenvalue weighted by molar-refractivity contribution is 5.97. The average molecular weight is 640 g/mol. The van der Waals surface area contributed by atoms with E-state index in [0.717, 1.165) is 25.0 Å². The number of anilines is 1. The Bertz CT molecular complexity index is 1480. The van der Waals surface area contributed by atoms with Crippen molar-refractivity contribution in [3.05, 3.63) is 101 Å². The van der Waals surface area contributed by atoms with Crippen LogP contribution in [0.15, 0.2) is 78.5 Å². The highest BCUT2D eigenvalue weighted by atomic mass is 16.5. The van der Waals surface area contributed by atoms with E-state index in [9.17, 15) is 14.7 Å². The standard InChI is InChI=1S/C21H27N3O4.C15H14O.C3H8/c1-3-9-28-14-18-10-19(8-7-17(18)13-25)24-21(27)15(2)23-20(26)12-22-11-16-5-4-6-16;1-16-10-15-13-8-4-2-6-11(13)12-7-3-5-9-14(12)15;1-3-2/h1,7-8,10-11,15,22,25H,4-6,9,12-14H2,2H3,(H,23,26)(H,24,27);2-9,15H,10H2,1H3;3H2,1-2H3. The number of benzene rings is 3. The number of fused-ring (bicyclic) bond motifs is 3. The predicted molar refractivity (Wildman–Crippen MR) is 189 cm³/mol. The van der Waals surface area contributed by atoms with Crippen molar-refractivity contribution in [3.8, 4) is 23.5 Å². The molecular weight excluding hydrogens is 590 g/mol. The Balaban J connectivity index is 0.000000264. The van der Waals surface area contributed by atoms with Gasteiger partial charge >= 0.3 is 0 Å². The van der Waals surface area contributed by atoms with Crippen LogP contribution in [0.4, 0.5) is 5.69 Å². The summed E-state index contributed by atoms with van der Waals surface area (Å²) in [5, 5.41) is 17.8. The minimum absolute atomic E-state index is 0.128. The molecular formula is C39H49N3O5. The Labute approximate surface area is 280 Å². The number of terminal acetylenes is 1. The average Bonchev–Trinajstić information content (AvgIpc) is 3.37. The maximum atomic E-state index is 12.3. The molecule has 0 aromatic heterocycles. The van der Waals surface area contributed by atoms with Crippen LogP contribution in [0.1, 0.15) is 74.6 Å². The van der Waals surface area contributed by atoms with E-state index in [-0.39, 0.29) is 38.2 Å². The molecule has 0 heterocycles. The van der Waals surface area contributed by atoms with E-state index in [1.165, 1.54) is 40.7 Å². The molecule has 2 aliphatic rings. The van der Waals surface area contributed by atoms with E-state index in [2.05, 4.69) is 84.2 Å². The lowest BCUT2D eigenvalue weighted by Gasteiger charge is -2.17. The van der Waals surface area contributed by atoms with E-state index < -0.39 is 6.04 Å². The molecule has 0 radical (unpaired) electrons. The van der Waals surface area contributed by atoms with Gasteiger partial charge < -0.3 is 30.5 Å². The fourth-order valence-electron chi connectivity index (χ4n) is 5.24. The minimum atomic E-state index is -0.690. The number of ether oxygens (including phenoxy) is 2. The summed E-state index contributed by atoms with van der Waals surface area (Å²) in [6.07, 6.45) is 11.7. The molecule has 47 heavy (non-hydrogen) atoms. The van der Waals surface area contributed by atoms with Crippen molar-refractivity contribution < 1.29 is 24.2 Å². The summed E-state index contributed by atoms with van der Waals surface area (Å²) in [6.45, 7) is 7.01. The number of carbonyl (C=O) groups excluding carboxylic acids is 2. The molecule has 3 aromatic rings. The van der Waals surface area contributed by atoms with Crippen LogP contribution in [-0.4, -0.2) is 49.8 Å². The third-order valence-electron chi connectivity index (χ3n) is 7.72. The molecule has 1 saturated carbocycles. The van der Waals surface area contributed by atoms with Crippen molar-refractivity contribution in [1.29, 1.82) is 0 Å². The Kier molecular flexibility index (Phi) is 15.7. The highest BCUT2D eigenvalue weighted by Gasteiger charge is 2.27. The van der Waals surface area contributed by atoms with Gasteiger partial charge in [0.2, 0.25) is 11.8 Å². The second-order valence-corrected chi connectivity index (χ2v) is 11.5.